The topological polar surface area (TPSA) is 42.0 Å². The van der Waals surface area contributed by atoms with Crippen molar-refractivity contribution >= 4 is 28.6 Å². The van der Waals surface area contributed by atoms with Gasteiger partial charge in [0, 0.05) is 5.38 Å². The summed E-state index contributed by atoms with van der Waals surface area (Å²) in [5.74, 6) is 0.0281. The highest BCUT2D eigenvalue weighted by atomic mass is 32.1. The molecular formula is C19H20N2OS2. The Bertz CT molecular complexity index is 766. The van der Waals surface area contributed by atoms with Gasteiger partial charge in [0.1, 0.15) is 5.01 Å². The Kier molecular flexibility index (Phi) is 5.77. The van der Waals surface area contributed by atoms with Gasteiger partial charge in [0.15, 0.2) is 0 Å². The largest absolute Gasteiger partial charge is 0.349 e. The van der Waals surface area contributed by atoms with Gasteiger partial charge in [-0.15, -0.1) is 22.7 Å². The summed E-state index contributed by atoms with van der Waals surface area (Å²) in [6.07, 6.45) is 2.29. The van der Waals surface area contributed by atoms with Crippen LogP contribution in [-0.2, 0) is 11.2 Å². The van der Waals surface area contributed by atoms with E-state index in [0.29, 0.717) is 6.42 Å². The SMILES string of the molecule is CCC[C@H](NC(=O)Cc1csc(-c2cccs2)n1)c1ccccc1. The number of carbonyl (C=O) groups is 1. The normalized spacial score (nSPS) is 12.0. The molecule has 0 spiro atoms. The lowest BCUT2D eigenvalue weighted by atomic mass is 10.0. The summed E-state index contributed by atoms with van der Waals surface area (Å²) in [6.45, 7) is 2.13. The van der Waals surface area contributed by atoms with Gasteiger partial charge in [-0.1, -0.05) is 49.7 Å². The smallest absolute Gasteiger partial charge is 0.226 e. The van der Waals surface area contributed by atoms with Crippen molar-refractivity contribution in [2.75, 3.05) is 0 Å². The zero-order chi connectivity index (χ0) is 16.8. The lowest BCUT2D eigenvalue weighted by molar-refractivity contribution is -0.121. The minimum atomic E-state index is 0.0281. The average molecular weight is 357 g/mol. The molecule has 0 saturated carbocycles. The van der Waals surface area contributed by atoms with E-state index < -0.39 is 0 Å². The van der Waals surface area contributed by atoms with Gasteiger partial charge < -0.3 is 5.32 Å². The molecule has 1 N–H and O–H groups in total. The highest BCUT2D eigenvalue weighted by Crippen LogP contribution is 2.28. The lowest BCUT2D eigenvalue weighted by Gasteiger charge is -2.18. The van der Waals surface area contributed by atoms with Gasteiger partial charge in [0.2, 0.25) is 5.91 Å². The minimum Gasteiger partial charge on any atom is -0.349 e. The molecule has 0 aliphatic rings. The van der Waals surface area contributed by atoms with E-state index in [2.05, 4.69) is 35.4 Å². The Labute approximate surface area is 150 Å². The summed E-state index contributed by atoms with van der Waals surface area (Å²) >= 11 is 3.26. The Hall–Kier alpha value is -1.98. The Morgan fingerprint density at radius 2 is 2.00 bits per heavy atom. The van der Waals surface area contributed by atoms with Crippen molar-refractivity contribution in [2.24, 2.45) is 0 Å². The van der Waals surface area contributed by atoms with Gasteiger partial charge >= 0.3 is 0 Å². The molecule has 1 amide bonds. The van der Waals surface area contributed by atoms with Crippen LogP contribution in [-0.4, -0.2) is 10.9 Å². The quantitative estimate of drug-likeness (QED) is 0.642. The third-order valence-electron chi connectivity index (χ3n) is 3.74. The second-order valence-electron chi connectivity index (χ2n) is 5.62. The summed E-state index contributed by atoms with van der Waals surface area (Å²) in [6, 6.07) is 14.3. The van der Waals surface area contributed by atoms with Crippen LogP contribution in [0.15, 0.2) is 53.2 Å². The predicted molar refractivity (Wildman–Crippen MR) is 101 cm³/mol. The van der Waals surface area contributed by atoms with Gasteiger partial charge in [-0.2, -0.15) is 0 Å². The molecule has 0 radical (unpaired) electrons. The van der Waals surface area contributed by atoms with Gasteiger partial charge in [0.05, 0.1) is 23.0 Å². The minimum absolute atomic E-state index is 0.0281. The molecule has 3 rings (SSSR count). The van der Waals surface area contributed by atoms with Crippen molar-refractivity contribution in [2.45, 2.75) is 32.2 Å². The summed E-state index contributed by atoms with van der Waals surface area (Å²) in [7, 11) is 0. The molecule has 3 aromatic rings. The van der Waals surface area contributed by atoms with Gasteiger partial charge in [-0.25, -0.2) is 4.98 Å². The molecule has 0 unspecified atom stereocenters. The summed E-state index contributed by atoms with van der Waals surface area (Å²) < 4.78 is 0. The first-order valence-electron chi connectivity index (χ1n) is 8.09. The summed E-state index contributed by atoms with van der Waals surface area (Å²) in [5.41, 5.74) is 1.99. The van der Waals surface area contributed by atoms with E-state index in [-0.39, 0.29) is 11.9 Å². The van der Waals surface area contributed by atoms with Crippen LogP contribution in [0.1, 0.15) is 37.1 Å². The predicted octanol–water partition coefficient (Wildman–Crippen LogP) is 5.07. The van der Waals surface area contributed by atoms with E-state index in [1.807, 2.05) is 35.0 Å². The number of benzene rings is 1. The summed E-state index contributed by atoms with van der Waals surface area (Å²) in [4.78, 5) is 18.2. The number of nitrogens with zero attached hydrogens (tertiary/aromatic N) is 1. The second kappa shape index (κ2) is 8.22. The van der Waals surface area contributed by atoms with Crippen LogP contribution in [0.2, 0.25) is 0 Å². The zero-order valence-corrected chi connectivity index (χ0v) is 15.2. The standard InChI is InChI=1S/C19H20N2OS2/c1-2-7-16(14-8-4-3-5-9-14)21-18(22)12-15-13-24-19(20-15)17-10-6-11-23-17/h3-6,8-11,13,16H,2,7,12H2,1H3,(H,21,22)/t16-/m0/s1. The molecule has 0 saturated heterocycles. The number of carbonyl (C=O) groups excluding carboxylic acids is 1. The van der Waals surface area contributed by atoms with Crippen molar-refractivity contribution in [3.05, 3.63) is 64.5 Å². The van der Waals surface area contributed by atoms with Crippen molar-refractivity contribution in [3.63, 3.8) is 0 Å². The maximum absolute atomic E-state index is 12.4. The molecule has 5 heteroatoms. The second-order valence-corrected chi connectivity index (χ2v) is 7.42. The van der Waals surface area contributed by atoms with Crippen LogP contribution in [0.25, 0.3) is 9.88 Å². The van der Waals surface area contributed by atoms with Gasteiger partial charge in [-0.05, 0) is 23.4 Å². The highest BCUT2D eigenvalue weighted by Gasteiger charge is 2.15. The maximum Gasteiger partial charge on any atom is 0.226 e. The van der Waals surface area contributed by atoms with E-state index in [1.165, 1.54) is 0 Å². The Morgan fingerprint density at radius 1 is 1.17 bits per heavy atom. The molecule has 2 heterocycles. The number of rotatable bonds is 7. The number of thiophene rings is 1. The number of hydrogen-bond acceptors (Lipinski definition) is 4. The first kappa shape index (κ1) is 16.9. The van der Waals surface area contributed by atoms with Crippen molar-refractivity contribution in [1.29, 1.82) is 0 Å². The molecule has 0 bridgehead atoms. The third kappa shape index (κ3) is 4.30. The van der Waals surface area contributed by atoms with Crippen LogP contribution < -0.4 is 5.32 Å². The Balaban J connectivity index is 1.64. The maximum atomic E-state index is 12.4. The fraction of sp³-hybridized carbons (Fsp3) is 0.263. The fourth-order valence-corrected chi connectivity index (χ4v) is 4.24. The molecule has 124 valence electrons. The molecule has 24 heavy (non-hydrogen) atoms. The van der Waals surface area contributed by atoms with E-state index in [1.54, 1.807) is 22.7 Å². The number of thiazole rings is 1. The molecule has 0 fully saturated rings. The first-order chi connectivity index (χ1) is 11.8. The number of amides is 1. The van der Waals surface area contributed by atoms with Crippen molar-refractivity contribution in [1.82, 2.24) is 10.3 Å². The number of aromatic nitrogens is 1. The third-order valence-corrected chi connectivity index (χ3v) is 5.67. The summed E-state index contributed by atoms with van der Waals surface area (Å²) in [5, 5.41) is 8.16. The lowest BCUT2D eigenvalue weighted by Crippen LogP contribution is -2.29. The van der Waals surface area contributed by atoms with Crippen LogP contribution >= 0.6 is 22.7 Å². The molecule has 3 nitrogen and oxygen atoms in total. The molecule has 0 aliphatic heterocycles. The van der Waals surface area contributed by atoms with Crippen LogP contribution in [0, 0.1) is 0 Å². The monoisotopic (exact) mass is 356 g/mol. The van der Waals surface area contributed by atoms with Crippen molar-refractivity contribution in [3.8, 4) is 9.88 Å². The van der Waals surface area contributed by atoms with E-state index >= 15 is 0 Å². The number of nitrogens with one attached hydrogen (secondary N) is 1. The number of hydrogen-bond donors (Lipinski definition) is 1. The molecular weight excluding hydrogens is 336 g/mol. The van der Waals surface area contributed by atoms with E-state index in [9.17, 15) is 4.79 Å². The molecule has 1 atom stereocenters. The molecule has 0 aliphatic carbocycles. The van der Waals surface area contributed by atoms with E-state index in [0.717, 1.165) is 34.0 Å². The van der Waals surface area contributed by atoms with E-state index in [4.69, 9.17) is 0 Å². The highest BCUT2D eigenvalue weighted by molar-refractivity contribution is 7.20. The zero-order valence-electron chi connectivity index (χ0n) is 13.6. The molecule has 2 aromatic heterocycles. The fourth-order valence-electron chi connectivity index (χ4n) is 2.61. The average Bonchev–Trinajstić information content (AvgIpc) is 3.26. The van der Waals surface area contributed by atoms with Gasteiger partial charge in [0.25, 0.3) is 0 Å². The van der Waals surface area contributed by atoms with Crippen LogP contribution in [0.5, 0.6) is 0 Å². The van der Waals surface area contributed by atoms with Crippen molar-refractivity contribution < 1.29 is 4.79 Å². The van der Waals surface area contributed by atoms with Crippen LogP contribution in [0.3, 0.4) is 0 Å². The van der Waals surface area contributed by atoms with Gasteiger partial charge in [-0.3, -0.25) is 4.79 Å². The Morgan fingerprint density at radius 3 is 2.71 bits per heavy atom. The van der Waals surface area contributed by atoms with Crippen LogP contribution in [0.4, 0.5) is 0 Å². The molecule has 1 aromatic carbocycles. The first-order valence-corrected chi connectivity index (χ1v) is 9.84.